The lowest BCUT2D eigenvalue weighted by Crippen LogP contribution is -2.38. The average molecular weight is 402 g/mol. The highest BCUT2D eigenvalue weighted by atomic mass is 79.9. The third kappa shape index (κ3) is 4.71. The number of piperidine rings is 1. The molecule has 128 valence electrons. The van der Waals surface area contributed by atoms with Crippen LogP contribution in [0, 0.1) is 11.8 Å². The lowest BCUT2D eigenvalue weighted by atomic mass is 9.85. The maximum atomic E-state index is 12.5. The molecular formula is C18H26BrClN2O. The van der Waals surface area contributed by atoms with E-state index in [1.807, 2.05) is 12.1 Å². The predicted octanol–water partition coefficient (Wildman–Crippen LogP) is 4.00. The molecular weight excluding hydrogens is 376 g/mol. The summed E-state index contributed by atoms with van der Waals surface area (Å²) in [5.41, 5.74) is 1.12. The number of hydrogen-bond acceptors (Lipinski definition) is 2. The molecule has 0 bridgehead atoms. The number of amides is 1. The van der Waals surface area contributed by atoms with Gasteiger partial charge in [-0.05, 0) is 68.3 Å². The van der Waals surface area contributed by atoms with Crippen LogP contribution >= 0.6 is 28.3 Å². The molecule has 1 aliphatic carbocycles. The van der Waals surface area contributed by atoms with Crippen molar-refractivity contribution in [2.45, 2.75) is 44.6 Å². The average Bonchev–Trinajstić information content (AvgIpc) is 3.29. The lowest BCUT2D eigenvalue weighted by molar-refractivity contribution is -0.123. The molecule has 0 aromatic heterocycles. The Bertz CT molecular complexity index is 542. The van der Waals surface area contributed by atoms with Crippen LogP contribution in [-0.4, -0.2) is 19.0 Å². The van der Waals surface area contributed by atoms with Gasteiger partial charge < -0.3 is 10.6 Å². The van der Waals surface area contributed by atoms with Crippen LogP contribution in [0.1, 0.15) is 44.6 Å². The number of hydrogen-bond donors (Lipinski definition) is 2. The van der Waals surface area contributed by atoms with Gasteiger partial charge in [0, 0.05) is 10.9 Å². The van der Waals surface area contributed by atoms with Crippen LogP contribution in [0.5, 0.6) is 0 Å². The van der Waals surface area contributed by atoms with Crippen molar-refractivity contribution in [1.29, 1.82) is 0 Å². The Morgan fingerprint density at radius 2 is 2.26 bits per heavy atom. The number of carbonyl (C=O) groups excluding carboxylic acids is 1. The van der Waals surface area contributed by atoms with E-state index in [1.54, 1.807) is 0 Å². The first-order valence-electron chi connectivity index (χ1n) is 8.37. The minimum Gasteiger partial charge on any atom is -0.347 e. The summed E-state index contributed by atoms with van der Waals surface area (Å²) in [6.07, 6.45) is 5.22. The quantitative estimate of drug-likeness (QED) is 0.783. The van der Waals surface area contributed by atoms with E-state index < -0.39 is 0 Å². The van der Waals surface area contributed by atoms with Crippen LogP contribution in [-0.2, 0) is 10.3 Å². The molecule has 3 nitrogen and oxygen atoms in total. The Morgan fingerprint density at radius 3 is 2.87 bits per heavy atom. The van der Waals surface area contributed by atoms with Gasteiger partial charge in [-0.3, -0.25) is 4.79 Å². The fraction of sp³-hybridized carbons (Fsp3) is 0.611. The van der Waals surface area contributed by atoms with Gasteiger partial charge in [0.25, 0.3) is 0 Å². The largest absolute Gasteiger partial charge is 0.347 e. The van der Waals surface area contributed by atoms with E-state index in [4.69, 9.17) is 0 Å². The summed E-state index contributed by atoms with van der Waals surface area (Å²) in [5, 5.41) is 6.75. The monoisotopic (exact) mass is 400 g/mol. The molecule has 1 aliphatic heterocycles. The highest BCUT2D eigenvalue weighted by Gasteiger charge is 2.45. The molecule has 23 heavy (non-hydrogen) atoms. The molecule has 1 aromatic carbocycles. The fourth-order valence-corrected chi connectivity index (χ4v) is 3.94. The van der Waals surface area contributed by atoms with Gasteiger partial charge >= 0.3 is 0 Å². The van der Waals surface area contributed by atoms with Gasteiger partial charge in [0.2, 0.25) is 5.91 Å². The van der Waals surface area contributed by atoms with E-state index in [9.17, 15) is 4.79 Å². The first-order chi connectivity index (χ1) is 10.6. The van der Waals surface area contributed by atoms with Gasteiger partial charge in [-0.2, -0.15) is 0 Å². The van der Waals surface area contributed by atoms with Crippen molar-refractivity contribution in [2.24, 2.45) is 11.8 Å². The second-order valence-corrected chi connectivity index (χ2v) is 7.84. The van der Waals surface area contributed by atoms with E-state index in [1.165, 1.54) is 18.4 Å². The van der Waals surface area contributed by atoms with Crippen molar-refractivity contribution in [3.05, 3.63) is 34.3 Å². The molecule has 2 N–H and O–H groups in total. The molecule has 3 rings (SSSR count). The number of nitrogens with one attached hydrogen (secondary N) is 2. The minimum absolute atomic E-state index is 0. The van der Waals surface area contributed by atoms with E-state index in [2.05, 4.69) is 45.6 Å². The third-order valence-electron chi connectivity index (χ3n) is 5.15. The van der Waals surface area contributed by atoms with Crippen molar-refractivity contribution >= 4 is 34.2 Å². The van der Waals surface area contributed by atoms with Crippen LogP contribution in [0.15, 0.2) is 28.7 Å². The third-order valence-corrected chi connectivity index (χ3v) is 5.65. The van der Waals surface area contributed by atoms with Crippen molar-refractivity contribution in [3.8, 4) is 0 Å². The Labute approximate surface area is 153 Å². The number of rotatable bonds is 5. The maximum Gasteiger partial charge on any atom is 0.220 e. The van der Waals surface area contributed by atoms with Gasteiger partial charge in [-0.1, -0.05) is 35.0 Å². The van der Waals surface area contributed by atoms with Gasteiger partial charge in [-0.15, -0.1) is 12.4 Å². The van der Waals surface area contributed by atoms with Crippen LogP contribution in [0.25, 0.3) is 0 Å². The Kier molecular flexibility index (Phi) is 6.52. The van der Waals surface area contributed by atoms with Crippen molar-refractivity contribution in [1.82, 2.24) is 10.6 Å². The van der Waals surface area contributed by atoms with Crippen molar-refractivity contribution in [3.63, 3.8) is 0 Å². The molecule has 1 saturated carbocycles. The molecule has 1 saturated heterocycles. The molecule has 1 heterocycles. The van der Waals surface area contributed by atoms with Gasteiger partial charge in [-0.25, -0.2) is 0 Å². The van der Waals surface area contributed by atoms with E-state index in [0.29, 0.717) is 18.3 Å². The molecule has 2 unspecified atom stereocenters. The first kappa shape index (κ1) is 18.8. The predicted molar refractivity (Wildman–Crippen MR) is 99.8 cm³/mol. The summed E-state index contributed by atoms with van der Waals surface area (Å²) in [5.74, 6) is 1.29. The molecule has 0 spiro atoms. The van der Waals surface area contributed by atoms with Crippen LogP contribution in [0.3, 0.4) is 0 Å². The highest BCUT2D eigenvalue weighted by molar-refractivity contribution is 9.10. The van der Waals surface area contributed by atoms with Crippen LogP contribution in [0.2, 0.25) is 0 Å². The topological polar surface area (TPSA) is 41.1 Å². The van der Waals surface area contributed by atoms with E-state index in [0.717, 1.165) is 30.4 Å². The number of halogens is 2. The van der Waals surface area contributed by atoms with E-state index in [-0.39, 0.29) is 23.9 Å². The second-order valence-electron chi connectivity index (χ2n) is 6.93. The summed E-state index contributed by atoms with van der Waals surface area (Å²) in [4.78, 5) is 12.5. The first-order valence-corrected chi connectivity index (χ1v) is 9.16. The maximum absolute atomic E-state index is 12.5. The van der Waals surface area contributed by atoms with Crippen LogP contribution in [0.4, 0.5) is 0 Å². The highest BCUT2D eigenvalue weighted by Crippen LogP contribution is 2.46. The van der Waals surface area contributed by atoms with Gasteiger partial charge in [0.05, 0.1) is 5.54 Å². The second kappa shape index (κ2) is 8.00. The van der Waals surface area contributed by atoms with E-state index >= 15 is 0 Å². The number of benzene rings is 1. The summed E-state index contributed by atoms with van der Waals surface area (Å²) >= 11 is 3.52. The zero-order chi connectivity index (χ0) is 15.6. The Morgan fingerprint density at radius 1 is 1.48 bits per heavy atom. The van der Waals surface area contributed by atoms with Crippen LogP contribution < -0.4 is 10.6 Å². The van der Waals surface area contributed by atoms with Gasteiger partial charge in [0.1, 0.15) is 0 Å². The standard InChI is InChI=1S/C18H25BrN2O.ClH/c1-13(14-4-3-9-20-12-14)10-17(22)21-18(7-8-18)15-5-2-6-16(19)11-15;/h2,5-6,11,13-14,20H,3-4,7-10,12H2,1H3,(H,21,22);1H. The molecule has 0 radical (unpaired) electrons. The van der Waals surface area contributed by atoms with Crippen molar-refractivity contribution in [2.75, 3.05) is 13.1 Å². The minimum atomic E-state index is -0.106. The zero-order valence-corrected chi connectivity index (χ0v) is 16.0. The molecule has 5 heteroatoms. The summed E-state index contributed by atoms with van der Waals surface area (Å²) in [6, 6.07) is 8.32. The summed E-state index contributed by atoms with van der Waals surface area (Å²) < 4.78 is 1.08. The number of carbonyl (C=O) groups is 1. The SMILES string of the molecule is CC(CC(=O)NC1(c2cccc(Br)c2)CC1)C1CCCNC1.Cl. The Hall–Kier alpha value is -0.580. The molecule has 2 fully saturated rings. The molecule has 1 amide bonds. The Balaban J connectivity index is 0.00000192. The normalized spacial score (nSPS) is 23.5. The smallest absolute Gasteiger partial charge is 0.220 e. The molecule has 2 aliphatic rings. The fourth-order valence-electron chi connectivity index (χ4n) is 3.54. The molecule has 1 aromatic rings. The lowest BCUT2D eigenvalue weighted by Gasteiger charge is -2.28. The zero-order valence-electron chi connectivity index (χ0n) is 13.6. The molecule has 2 atom stereocenters. The summed E-state index contributed by atoms with van der Waals surface area (Å²) in [7, 11) is 0. The van der Waals surface area contributed by atoms with Gasteiger partial charge in [0.15, 0.2) is 0 Å². The summed E-state index contributed by atoms with van der Waals surface area (Å²) in [6.45, 7) is 4.41. The van der Waals surface area contributed by atoms with Crippen molar-refractivity contribution < 1.29 is 4.79 Å².